The largest absolute Gasteiger partial charge is 0.496 e. The standard InChI is InChI=1S/C23H24ClN3O2S/c1-15-6-8-17(24)13-19(15)25-23-26-22(28)21(30-23)12-16-7-9-18(14-20(16)29-2)27-10-4-3-5-11-27/h6-9,12-14H,3-5,10-11H2,1-2H3,(H,25,26,28)/b21-12-. The number of carbonyl (C=O) groups excluding carboxylic acids is 1. The fourth-order valence-corrected chi connectivity index (χ4v) is 4.59. The van der Waals surface area contributed by atoms with E-state index >= 15 is 0 Å². The first-order chi connectivity index (χ1) is 14.5. The molecule has 30 heavy (non-hydrogen) atoms. The summed E-state index contributed by atoms with van der Waals surface area (Å²) >= 11 is 7.39. The molecule has 2 heterocycles. The van der Waals surface area contributed by atoms with Gasteiger partial charge in [-0.15, -0.1) is 0 Å². The van der Waals surface area contributed by atoms with Crippen LogP contribution in [0.5, 0.6) is 5.75 Å². The number of hydrogen-bond donors (Lipinski definition) is 1. The molecule has 0 radical (unpaired) electrons. The van der Waals surface area contributed by atoms with Crippen molar-refractivity contribution in [2.45, 2.75) is 26.2 Å². The molecule has 0 bridgehead atoms. The number of nitrogens with one attached hydrogen (secondary N) is 1. The van der Waals surface area contributed by atoms with E-state index in [1.54, 1.807) is 13.2 Å². The predicted octanol–water partition coefficient (Wildman–Crippen LogP) is 5.54. The van der Waals surface area contributed by atoms with Crippen molar-refractivity contribution in [1.29, 1.82) is 0 Å². The van der Waals surface area contributed by atoms with Crippen molar-refractivity contribution in [3.63, 3.8) is 0 Å². The Morgan fingerprint density at radius 2 is 1.97 bits per heavy atom. The monoisotopic (exact) mass is 441 g/mol. The van der Waals surface area contributed by atoms with Gasteiger partial charge in [0.1, 0.15) is 5.75 Å². The summed E-state index contributed by atoms with van der Waals surface area (Å²) in [5.41, 5.74) is 3.77. The van der Waals surface area contributed by atoms with Gasteiger partial charge in [-0.05, 0) is 73.9 Å². The summed E-state index contributed by atoms with van der Waals surface area (Å²) in [6.45, 7) is 4.11. The smallest absolute Gasteiger partial charge is 0.264 e. The van der Waals surface area contributed by atoms with E-state index in [-0.39, 0.29) is 5.91 Å². The van der Waals surface area contributed by atoms with E-state index in [4.69, 9.17) is 16.3 Å². The highest BCUT2D eigenvalue weighted by Crippen LogP contribution is 2.34. The molecule has 2 aliphatic heterocycles. The van der Waals surface area contributed by atoms with E-state index in [9.17, 15) is 4.79 Å². The van der Waals surface area contributed by atoms with Crippen LogP contribution in [0.2, 0.25) is 5.02 Å². The number of amidine groups is 1. The topological polar surface area (TPSA) is 53.9 Å². The van der Waals surface area contributed by atoms with Gasteiger partial charge in [0.2, 0.25) is 0 Å². The summed E-state index contributed by atoms with van der Waals surface area (Å²) in [5.74, 6) is 0.593. The van der Waals surface area contributed by atoms with Crippen LogP contribution in [0.4, 0.5) is 11.4 Å². The Labute approximate surface area is 186 Å². The number of rotatable bonds is 4. The average Bonchev–Trinajstić information content (AvgIpc) is 3.10. The van der Waals surface area contributed by atoms with Crippen molar-refractivity contribution in [3.05, 3.63) is 57.5 Å². The van der Waals surface area contributed by atoms with Gasteiger partial charge in [0.15, 0.2) is 5.17 Å². The molecule has 2 aromatic rings. The Balaban J connectivity index is 1.57. The summed E-state index contributed by atoms with van der Waals surface area (Å²) < 4.78 is 5.62. The molecular weight excluding hydrogens is 418 g/mol. The van der Waals surface area contributed by atoms with E-state index in [0.717, 1.165) is 41.3 Å². The molecule has 1 N–H and O–H groups in total. The van der Waals surface area contributed by atoms with Crippen molar-refractivity contribution < 1.29 is 9.53 Å². The lowest BCUT2D eigenvalue weighted by Gasteiger charge is -2.29. The van der Waals surface area contributed by atoms with Gasteiger partial charge < -0.3 is 15.0 Å². The van der Waals surface area contributed by atoms with E-state index < -0.39 is 0 Å². The predicted molar refractivity (Wildman–Crippen MR) is 126 cm³/mol. The molecule has 4 rings (SSSR count). The molecule has 0 aliphatic carbocycles. The quantitative estimate of drug-likeness (QED) is 0.633. The summed E-state index contributed by atoms with van der Waals surface area (Å²) in [4.78, 5) is 20.0. The number of aryl methyl sites for hydroxylation is 1. The summed E-state index contributed by atoms with van der Waals surface area (Å²) in [7, 11) is 1.66. The number of methoxy groups -OCH3 is 1. The molecular formula is C23H24ClN3O2S. The number of halogens is 1. The first-order valence-corrected chi connectivity index (χ1v) is 11.2. The lowest BCUT2D eigenvalue weighted by Crippen LogP contribution is -2.29. The first-order valence-electron chi connectivity index (χ1n) is 10.0. The molecule has 0 unspecified atom stereocenters. The number of carbonyl (C=O) groups is 1. The molecule has 156 valence electrons. The molecule has 2 aliphatic rings. The van der Waals surface area contributed by atoms with Crippen LogP contribution < -0.4 is 15.0 Å². The normalized spacial score (nSPS) is 19.4. The van der Waals surface area contributed by atoms with Crippen molar-refractivity contribution in [2.75, 3.05) is 25.1 Å². The maximum atomic E-state index is 12.5. The molecule has 0 atom stereocenters. The van der Waals surface area contributed by atoms with Gasteiger partial charge in [0.05, 0.1) is 17.7 Å². The van der Waals surface area contributed by atoms with Crippen LogP contribution in [0.1, 0.15) is 30.4 Å². The molecule has 5 nitrogen and oxygen atoms in total. The number of nitrogens with zero attached hydrogens (tertiary/aromatic N) is 2. The van der Waals surface area contributed by atoms with Crippen molar-refractivity contribution in [3.8, 4) is 5.75 Å². The first kappa shape index (κ1) is 20.8. The lowest BCUT2D eigenvalue weighted by molar-refractivity contribution is -0.115. The number of amides is 1. The van der Waals surface area contributed by atoms with Crippen LogP contribution in [0.3, 0.4) is 0 Å². The molecule has 2 fully saturated rings. The van der Waals surface area contributed by atoms with Crippen LogP contribution in [-0.4, -0.2) is 31.3 Å². The SMILES string of the molecule is COc1cc(N2CCCCC2)ccc1/C=C1\SC(=Nc2cc(Cl)ccc2C)NC1=O. The minimum atomic E-state index is -0.166. The number of piperidine rings is 1. The molecule has 0 spiro atoms. The minimum absolute atomic E-state index is 0.166. The Hall–Kier alpha value is -2.44. The van der Waals surface area contributed by atoms with Crippen LogP contribution in [0, 0.1) is 6.92 Å². The fourth-order valence-electron chi connectivity index (χ4n) is 3.60. The highest BCUT2D eigenvalue weighted by molar-refractivity contribution is 8.18. The van der Waals surface area contributed by atoms with Gasteiger partial charge in [-0.25, -0.2) is 4.99 Å². The van der Waals surface area contributed by atoms with Gasteiger partial charge in [-0.1, -0.05) is 17.7 Å². The van der Waals surface area contributed by atoms with Crippen LogP contribution in [0.25, 0.3) is 6.08 Å². The number of benzene rings is 2. The third kappa shape index (κ3) is 4.65. The average molecular weight is 442 g/mol. The number of thioether (sulfide) groups is 1. The minimum Gasteiger partial charge on any atom is -0.496 e. The maximum absolute atomic E-state index is 12.5. The second kappa shape index (κ2) is 9.14. The number of ether oxygens (including phenoxy) is 1. The Morgan fingerprint density at radius 3 is 2.73 bits per heavy atom. The molecule has 2 aromatic carbocycles. The summed E-state index contributed by atoms with van der Waals surface area (Å²) in [6.07, 6.45) is 5.59. The van der Waals surface area contributed by atoms with Crippen LogP contribution in [-0.2, 0) is 4.79 Å². The number of hydrogen-bond acceptors (Lipinski definition) is 5. The van der Waals surface area contributed by atoms with Gasteiger partial charge in [0, 0.05) is 35.4 Å². The third-order valence-corrected chi connectivity index (χ3v) is 6.41. The molecule has 0 aromatic heterocycles. The summed E-state index contributed by atoms with van der Waals surface area (Å²) in [6, 6.07) is 11.7. The van der Waals surface area contributed by atoms with Crippen LogP contribution in [0.15, 0.2) is 46.3 Å². The zero-order chi connectivity index (χ0) is 21.1. The van der Waals surface area contributed by atoms with Gasteiger partial charge in [-0.2, -0.15) is 0 Å². The van der Waals surface area contributed by atoms with Gasteiger partial charge in [-0.3, -0.25) is 4.79 Å². The van der Waals surface area contributed by atoms with E-state index in [1.165, 1.54) is 31.0 Å². The molecule has 1 amide bonds. The zero-order valence-electron chi connectivity index (χ0n) is 17.1. The van der Waals surface area contributed by atoms with E-state index in [2.05, 4.69) is 27.3 Å². The zero-order valence-corrected chi connectivity index (χ0v) is 18.6. The van der Waals surface area contributed by atoms with Crippen LogP contribution >= 0.6 is 23.4 Å². The van der Waals surface area contributed by atoms with Crippen molar-refractivity contribution in [2.24, 2.45) is 4.99 Å². The van der Waals surface area contributed by atoms with Gasteiger partial charge >= 0.3 is 0 Å². The Morgan fingerprint density at radius 1 is 1.17 bits per heavy atom. The Bertz CT molecular complexity index is 1030. The third-order valence-electron chi connectivity index (χ3n) is 5.27. The van der Waals surface area contributed by atoms with Gasteiger partial charge in [0.25, 0.3) is 5.91 Å². The fraction of sp³-hybridized carbons (Fsp3) is 0.304. The maximum Gasteiger partial charge on any atom is 0.264 e. The second-order valence-corrected chi connectivity index (χ2v) is 8.85. The highest BCUT2D eigenvalue weighted by atomic mass is 35.5. The van der Waals surface area contributed by atoms with E-state index in [1.807, 2.05) is 31.2 Å². The van der Waals surface area contributed by atoms with Crippen molar-refractivity contribution >= 4 is 51.9 Å². The molecule has 0 saturated carbocycles. The lowest BCUT2D eigenvalue weighted by atomic mass is 10.1. The van der Waals surface area contributed by atoms with Crippen molar-refractivity contribution in [1.82, 2.24) is 5.32 Å². The highest BCUT2D eigenvalue weighted by Gasteiger charge is 2.24. The summed E-state index contributed by atoms with van der Waals surface area (Å²) in [5, 5.41) is 3.99. The molecule has 7 heteroatoms. The number of aliphatic imine (C=N–C) groups is 1. The number of anilines is 1. The Kier molecular flexibility index (Phi) is 6.35. The molecule has 2 saturated heterocycles. The van der Waals surface area contributed by atoms with E-state index in [0.29, 0.717) is 15.1 Å². The second-order valence-electron chi connectivity index (χ2n) is 7.39.